The first kappa shape index (κ1) is 16.1. The highest BCUT2D eigenvalue weighted by molar-refractivity contribution is 5.97. The lowest BCUT2D eigenvalue weighted by molar-refractivity contribution is 0.0951. The van der Waals surface area contributed by atoms with Gasteiger partial charge in [-0.25, -0.2) is 9.07 Å². The fraction of sp³-hybridized carbons (Fsp3) is 0.235. The number of aliphatic hydroxyl groups excluding tert-OH is 1. The van der Waals surface area contributed by atoms with Gasteiger partial charge in [-0.2, -0.15) is 0 Å². The van der Waals surface area contributed by atoms with Gasteiger partial charge in [-0.05, 0) is 42.8 Å². The highest BCUT2D eigenvalue weighted by Gasteiger charge is 2.10. The topological polar surface area (TPSA) is 80.0 Å². The third-order valence-corrected chi connectivity index (χ3v) is 3.81. The molecule has 0 aliphatic heterocycles. The number of fused-ring (bicyclic) bond motifs is 1. The summed E-state index contributed by atoms with van der Waals surface area (Å²) in [6, 6.07) is 9.61. The summed E-state index contributed by atoms with van der Waals surface area (Å²) >= 11 is 0. The molecule has 0 radical (unpaired) electrons. The fourth-order valence-electron chi connectivity index (χ4n) is 2.49. The molecule has 124 valence electrons. The molecule has 1 amide bonds. The van der Waals surface area contributed by atoms with Crippen LogP contribution in [-0.2, 0) is 19.7 Å². The van der Waals surface area contributed by atoms with Crippen LogP contribution in [-0.4, -0.2) is 26.0 Å². The Hall–Kier alpha value is -2.80. The number of amides is 1. The van der Waals surface area contributed by atoms with Crippen molar-refractivity contribution in [1.29, 1.82) is 0 Å². The van der Waals surface area contributed by atoms with Gasteiger partial charge in [-0.1, -0.05) is 11.3 Å². The van der Waals surface area contributed by atoms with Crippen LogP contribution in [0.1, 0.15) is 28.4 Å². The van der Waals surface area contributed by atoms with Gasteiger partial charge in [0.1, 0.15) is 11.3 Å². The monoisotopic (exact) mass is 328 g/mol. The first-order valence-electron chi connectivity index (χ1n) is 7.62. The van der Waals surface area contributed by atoms with E-state index in [2.05, 4.69) is 15.6 Å². The standard InChI is InChI=1S/C17H17FN4O2/c1-2-22-16-6-4-12(8-15(16)20-21-22)17(24)19-9-11-3-5-14(18)13(7-11)10-23/h3-8,23H,2,9-10H2,1H3,(H,19,24). The molecule has 6 nitrogen and oxygen atoms in total. The summed E-state index contributed by atoms with van der Waals surface area (Å²) in [5, 5.41) is 19.9. The van der Waals surface area contributed by atoms with Gasteiger partial charge < -0.3 is 10.4 Å². The average Bonchev–Trinajstić information content (AvgIpc) is 3.03. The Balaban J connectivity index is 1.73. The maximum absolute atomic E-state index is 13.4. The van der Waals surface area contributed by atoms with Gasteiger partial charge in [-0.3, -0.25) is 4.79 Å². The largest absolute Gasteiger partial charge is 0.392 e. The molecule has 3 aromatic rings. The third kappa shape index (κ3) is 3.11. The number of hydrogen-bond donors (Lipinski definition) is 2. The van der Waals surface area contributed by atoms with Gasteiger partial charge in [-0.15, -0.1) is 5.10 Å². The Kier molecular flexibility index (Phi) is 4.52. The molecular formula is C17H17FN4O2. The van der Waals surface area contributed by atoms with E-state index in [0.717, 1.165) is 5.52 Å². The van der Waals surface area contributed by atoms with E-state index in [1.54, 1.807) is 22.9 Å². The minimum Gasteiger partial charge on any atom is -0.392 e. The number of carbonyl (C=O) groups is 1. The van der Waals surface area contributed by atoms with Crippen molar-refractivity contribution in [2.45, 2.75) is 26.6 Å². The molecule has 24 heavy (non-hydrogen) atoms. The molecule has 0 saturated carbocycles. The van der Waals surface area contributed by atoms with E-state index in [4.69, 9.17) is 5.11 Å². The Morgan fingerprint density at radius 3 is 2.88 bits per heavy atom. The molecule has 2 aromatic carbocycles. The number of hydrogen-bond acceptors (Lipinski definition) is 4. The second-order valence-electron chi connectivity index (χ2n) is 5.38. The highest BCUT2D eigenvalue weighted by Crippen LogP contribution is 2.14. The lowest BCUT2D eigenvalue weighted by atomic mass is 10.1. The number of aliphatic hydroxyl groups is 1. The quantitative estimate of drug-likeness (QED) is 0.751. The van der Waals surface area contributed by atoms with Crippen LogP contribution >= 0.6 is 0 Å². The molecule has 3 rings (SSSR count). The van der Waals surface area contributed by atoms with Crippen LogP contribution in [0.2, 0.25) is 0 Å². The van der Waals surface area contributed by atoms with Crippen molar-refractivity contribution in [2.24, 2.45) is 0 Å². The molecule has 0 aliphatic rings. The van der Waals surface area contributed by atoms with E-state index in [-0.39, 0.29) is 24.6 Å². The van der Waals surface area contributed by atoms with Crippen LogP contribution in [0.15, 0.2) is 36.4 Å². The van der Waals surface area contributed by atoms with E-state index >= 15 is 0 Å². The molecule has 1 heterocycles. The third-order valence-electron chi connectivity index (χ3n) is 3.81. The van der Waals surface area contributed by atoms with Gasteiger partial charge in [0.2, 0.25) is 0 Å². The normalized spacial score (nSPS) is 11.0. The second-order valence-corrected chi connectivity index (χ2v) is 5.38. The van der Waals surface area contributed by atoms with Crippen LogP contribution in [0.4, 0.5) is 4.39 Å². The average molecular weight is 328 g/mol. The van der Waals surface area contributed by atoms with Crippen molar-refractivity contribution in [3.05, 3.63) is 58.9 Å². The van der Waals surface area contributed by atoms with Crippen molar-refractivity contribution in [2.75, 3.05) is 0 Å². The molecular weight excluding hydrogens is 311 g/mol. The number of aromatic nitrogens is 3. The summed E-state index contributed by atoms with van der Waals surface area (Å²) in [5.41, 5.74) is 2.94. The summed E-state index contributed by atoms with van der Waals surface area (Å²) < 4.78 is 15.1. The van der Waals surface area contributed by atoms with Crippen molar-refractivity contribution >= 4 is 16.9 Å². The zero-order chi connectivity index (χ0) is 17.1. The number of benzene rings is 2. The fourth-order valence-corrected chi connectivity index (χ4v) is 2.49. The minimum absolute atomic E-state index is 0.208. The Morgan fingerprint density at radius 1 is 1.29 bits per heavy atom. The van der Waals surface area contributed by atoms with Crippen molar-refractivity contribution in [1.82, 2.24) is 20.3 Å². The van der Waals surface area contributed by atoms with Crippen molar-refractivity contribution < 1.29 is 14.3 Å². The molecule has 0 fully saturated rings. The lowest BCUT2D eigenvalue weighted by Crippen LogP contribution is -2.22. The summed E-state index contributed by atoms with van der Waals surface area (Å²) in [6.07, 6.45) is 0. The summed E-state index contributed by atoms with van der Waals surface area (Å²) in [5.74, 6) is -0.713. The molecule has 0 unspecified atom stereocenters. The first-order chi connectivity index (χ1) is 11.6. The number of halogens is 1. The zero-order valence-corrected chi connectivity index (χ0v) is 13.2. The molecule has 7 heteroatoms. The maximum Gasteiger partial charge on any atom is 0.251 e. The van der Waals surface area contributed by atoms with E-state index < -0.39 is 5.82 Å². The number of nitrogens with zero attached hydrogens (tertiary/aromatic N) is 3. The first-order valence-corrected chi connectivity index (χ1v) is 7.62. The van der Waals surface area contributed by atoms with Crippen LogP contribution in [0.25, 0.3) is 11.0 Å². The van der Waals surface area contributed by atoms with E-state index in [1.807, 2.05) is 13.0 Å². The Labute approximate surface area is 137 Å². The number of carbonyl (C=O) groups excluding carboxylic acids is 1. The van der Waals surface area contributed by atoms with Crippen LogP contribution in [0.3, 0.4) is 0 Å². The number of aryl methyl sites for hydroxylation is 1. The predicted octanol–water partition coefficient (Wildman–Crippen LogP) is 2.01. The lowest BCUT2D eigenvalue weighted by Gasteiger charge is -2.07. The van der Waals surface area contributed by atoms with Gasteiger partial charge in [0.25, 0.3) is 5.91 Å². The molecule has 2 N–H and O–H groups in total. The molecule has 0 bridgehead atoms. The molecule has 1 aromatic heterocycles. The van der Waals surface area contributed by atoms with Crippen LogP contribution in [0, 0.1) is 5.82 Å². The van der Waals surface area contributed by atoms with Crippen LogP contribution in [0.5, 0.6) is 0 Å². The Morgan fingerprint density at radius 2 is 2.12 bits per heavy atom. The summed E-state index contributed by atoms with van der Waals surface area (Å²) in [4.78, 5) is 12.3. The SMILES string of the molecule is CCn1nnc2cc(C(=O)NCc3ccc(F)c(CO)c3)ccc21. The van der Waals surface area contributed by atoms with Gasteiger partial charge in [0.15, 0.2) is 0 Å². The van der Waals surface area contributed by atoms with Crippen molar-refractivity contribution in [3.63, 3.8) is 0 Å². The predicted molar refractivity (Wildman–Crippen MR) is 86.7 cm³/mol. The molecule has 0 aliphatic carbocycles. The minimum atomic E-state index is -0.461. The Bertz CT molecular complexity index is 891. The zero-order valence-electron chi connectivity index (χ0n) is 13.2. The van der Waals surface area contributed by atoms with E-state index in [1.165, 1.54) is 12.1 Å². The van der Waals surface area contributed by atoms with Crippen LogP contribution < -0.4 is 5.32 Å². The summed E-state index contributed by atoms with van der Waals surface area (Å²) in [6.45, 7) is 2.54. The molecule has 0 saturated heterocycles. The maximum atomic E-state index is 13.4. The van der Waals surface area contributed by atoms with E-state index in [9.17, 15) is 9.18 Å². The van der Waals surface area contributed by atoms with Gasteiger partial charge in [0, 0.05) is 24.2 Å². The van der Waals surface area contributed by atoms with Gasteiger partial charge in [0.05, 0.1) is 12.1 Å². The van der Waals surface area contributed by atoms with E-state index in [0.29, 0.717) is 23.2 Å². The number of nitrogens with one attached hydrogen (secondary N) is 1. The molecule has 0 atom stereocenters. The van der Waals surface area contributed by atoms with Crippen molar-refractivity contribution in [3.8, 4) is 0 Å². The smallest absolute Gasteiger partial charge is 0.251 e. The molecule has 0 spiro atoms. The summed E-state index contributed by atoms with van der Waals surface area (Å²) in [7, 11) is 0. The number of rotatable bonds is 5. The highest BCUT2D eigenvalue weighted by atomic mass is 19.1. The second kappa shape index (κ2) is 6.76. The van der Waals surface area contributed by atoms with Gasteiger partial charge >= 0.3 is 0 Å².